The Kier molecular flexibility index (Phi) is 6.05. The van der Waals surface area contributed by atoms with Gasteiger partial charge in [-0.3, -0.25) is 0 Å². The molecule has 1 aliphatic heterocycles. The first-order valence-corrected chi connectivity index (χ1v) is 9.68. The van der Waals surface area contributed by atoms with E-state index < -0.39 is 11.7 Å². The summed E-state index contributed by atoms with van der Waals surface area (Å²) in [5, 5.41) is 3.24. The third-order valence-electron chi connectivity index (χ3n) is 5.20. The van der Waals surface area contributed by atoms with E-state index in [4.69, 9.17) is 0 Å². The van der Waals surface area contributed by atoms with Crippen LogP contribution in [0.25, 0.3) is 16.7 Å². The Bertz CT molecular complexity index is 834. The number of aryl methyl sites for hydroxylation is 1. The van der Waals surface area contributed by atoms with Crippen LogP contribution < -0.4 is 5.32 Å². The van der Waals surface area contributed by atoms with Gasteiger partial charge in [-0.15, -0.1) is 0 Å². The smallest absolute Gasteiger partial charge is 0.313 e. The zero-order valence-corrected chi connectivity index (χ0v) is 15.9. The van der Waals surface area contributed by atoms with Gasteiger partial charge in [-0.1, -0.05) is 50.6 Å². The van der Waals surface area contributed by atoms with Crippen molar-refractivity contribution in [1.29, 1.82) is 0 Å². The van der Waals surface area contributed by atoms with Crippen LogP contribution in [0.2, 0.25) is 0 Å². The maximum atomic E-state index is 13.4. The molecule has 2 aromatic rings. The zero-order valence-electron chi connectivity index (χ0n) is 15.9. The lowest BCUT2D eigenvalue weighted by molar-refractivity contribution is -0.137. The molecule has 0 radical (unpaired) electrons. The Balaban J connectivity index is 2.22. The summed E-state index contributed by atoms with van der Waals surface area (Å²) < 4.78 is 40.1. The van der Waals surface area contributed by atoms with Crippen LogP contribution in [-0.4, -0.2) is 13.1 Å². The summed E-state index contributed by atoms with van der Waals surface area (Å²) in [6, 6.07) is 10.4. The number of benzene rings is 2. The van der Waals surface area contributed by atoms with Gasteiger partial charge in [0.25, 0.3) is 0 Å². The lowest BCUT2D eigenvalue weighted by atomic mass is 9.85. The van der Waals surface area contributed by atoms with Gasteiger partial charge in [0.1, 0.15) is 0 Å². The predicted molar refractivity (Wildman–Crippen MR) is 106 cm³/mol. The van der Waals surface area contributed by atoms with Crippen LogP contribution in [0.1, 0.15) is 48.9 Å². The Morgan fingerprint density at radius 2 is 1.81 bits per heavy atom. The molecule has 3 rings (SSSR count). The minimum Gasteiger partial charge on any atom is -0.313 e. The van der Waals surface area contributed by atoms with Gasteiger partial charge in [-0.25, -0.2) is 0 Å². The van der Waals surface area contributed by atoms with E-state index in [1.54, 1.807) is 6.07 Å². The van der Waals surface area contributed by atoms with Crippen molar-refractivity contribution < 1.29 is 13.2 Å². The normalized spacial score (nSPS) is 14.9. The second kappa shape index (κ2) is 8.30. The Morgan fingerprint density at radius 3 is 2.44 bits per heavy atom. The summed E-state index contributed by atoms with van der Waals surface area (Å²) >= 11 is 0. The fraction of sp³-hybridized carbons (Fsp3) is 0.391. The van der Waals surface area contributed by atoms with Gasteiger partial charge in [0.2, 0.25) is 0 Å². The molecular formula is C23H26F3N. The summed E-state index contributed by atoms with van der Waals surface area (Å²) in [5.74, 6) is 0. The van der Waals surface area contributed by atoms with E-state index in [2.05, 4.69) is 31.3 Å². The van der Waals surface area contributed by atoms with E-state index in [9.17, 15) is 13.2 Å². The molecule has 1 heterocycles. The lowest BCUT2D eigenvalue weighted by Gasteiger charge is -2.22. The summed E-state index contributed by atoms with van der Waals surface area (Å²) in [6.07, 6.45) is 1.29. The van der Waals surface area contributed by atoms with Crippen LogP contribution in [-0.2, 0) is 19.0 Å². The fourth-order valence-corrected chi connectivity index (χ4v) is 3.85. The van der Waals surface area contributed by atoms with Crippen LogP contribution >= 0.6 is 0 Å². The molecule has 4 heteroatoms. The molecule has 1 aliphatic rings. The van der Waals surface area contributed by atoms with E-state index in [1.165, 1.54) is 23.3 Å². The molecule has 144 valence electrons. The third-order valence-corrected chi connectivity index (χ3v) is 5.20. The van der Waals surface area contributed by atoms with Gasteiger partial charge in [0, 0.05) is 6.54 Å². The average Bonchev–Trinajstić information content (AvgIpc) is 2.68. The molecule has 0 fully saturated rings. The standard InChI is InChI=1S/C23H26F3N/c1-3-6-19-16(4-2)7-5-8-20(19)21-10-9-18(23(24,25)26)15-22(21)17-11-13-27-14-12-17/h5,7-11,15,27H,3-4,6,12-14H2,1-2H3. The number of alkyl halides is 3. The van der Waals surface area contributed by atoms with E-state index in [0.29, 0.717) is 6.54 Å². The van der Waals surface area contributed by atoms with Gasteiger partial charge >= 0.3 is 6.18 Å². The monoisotopic (exact) mass is 373 g/mol. The first-order valence-electron chi connectivity index (χ1n) is 9.68. The van der Waals surface area contributed by atoms with Crippen LogP contribution in [0.4, 0.5) is 13.2 Å². The van der Waals surface area contributed by atoms with Crippen molar-refractivity contribution in [3.63, 3.8) is 0 Å². The first-order chi connectivity index (χ1) is 13.0. The average molecular weight is 373 g/mol. The maximum absolute atomic E-state index is 13.4. The van der Waals surface area contributed by atoms with E-state index in [0.717, 1.165) is 54.5 Å². The Morgan fingerprint density at radius 1 is 1.00 bits per heavy atom. The molecule has 2 aromatic carbocycles. The van der Waals surface area contributed by atoms with Crippen molar-refractivity contribution in [1.82, 2.24) is 5.32 Å². The number of rotatable bonds is 5. The third kappa shape index (κ3) is 4.27. The molecule has 0 spiro atoms. The van der Waals surface area contributed by atoms with Crippen molar-refractivity contribution in [2.24, 2.45) is 0 Å². The number of hydrogen-bond donors (Lipinski definition) is 1. The summed E-state index contributed by atoms with van der Waals surface area (Å²) in [6.45, 7) is 5.75. The molecule has 0 atom stereocenters. The van der Waals surface area contributed by atoms with Crippen LogP contribution in [0.3, 0.4) is 0 Å². The summed E-state index contributed by atoms with van der Waals surface area (Å²) in [4.78, 5) is 0. The molecule has 0 saturated heterocycles. The van der Waals surface area contributed by atoms with Crippen LogP contribution in [0.15, 0.2) is 42.5 Å². The van der Waals surface area contributed by atoms with Crippen molar-refractivity contribution in [3.05, 3.63) is 64.7 Å². The van der Waals surface area contributed by atoms with E-state index >= 15 is 0 Å². The van der Waals surface area contributed by atoms with Crippen molar-refractivity contribution in [2.75, 3.05) is 13.1 Å². The molecule has 0 saturated carbocycles. The van der Waals surface area contributed by atoms with Crippen molar-refractivity contribution in [2.45, 2.75) is 45.7 Å². The minimum absolute atomic E-state index is 0.579. The molecule has 1 nitrogen and oxygen atoms in total. The quantitative estimate of drug-likeness (QED) is 0.652. The van der Waals surface area contributed by atoms with Gasteiger partial charge < -0.3 is 5.32 Å². The highest BCUT2D eigenvalue weighted by molar-refractivity contribution is 5.84. The lowest BCUT2D eigenvalue weighted by Crippen LogP contribution is -2.20. The first kappa shape index (κ1) is 19.7. The maximum Gasteiger partial charge on any atom is 0.416 e. The minimum atomic E-state index is -4.34. The summed E-state index contributed by atoms with van der Waals surface area (Å²) in [5.41, 5.74) is 5.66. The van der Waals surface area contributed by atoms with Gasteiger partial charge in [0.15, 0.2) is 0 Å². The predicted octanol–water partition coefficient (Wildman–Crippen LogP) is 6.26. The molecule has 0 bridgehead atoms. The van der Waals surface area contributed by atoms with Crippen molar-refractivity contribution >= 4 is 5.57 Å². The molecule has 0 amide bonds. The Hall–Kier alpha value is -2.07. The van der Waals surface area contributed by atoms with E-state index in [1.807, 2.05) is 12.1 Å². The largest absolute Gasteiger partial charge is 0.416 e. The second-order valence-electron chi connectivity index (χ2n) is 6.99. The summed E-state index contributed by atoms with van der Waals surface area (Å²) in [7, 11) is 0. The Labute approximate surface area is 159 Å². The number of halogens is 3. The topological polar surface area (TPSA) is 12.0 Å². The molecule has 0 aliphatic carbocycles. The van der Waals surface area contributed by atoms with Gasteiger partial charge in [0.05, 0.1) is 5.56 Å². The molecule has 1 N–H and O–H groups in total. The fourth-order valence-electron chi connectivity index (χ4n) is 3.85. The molecule has 0 unspecified atom stereocenters. The number of hydrogen-bond acceptors (Lipinski definition) is 1. The molecule has 0 aromatic heterocycles. The van der Waals surface area contributed by atoms with Gasteiger partial charge in [-0.05, 0) is 71.3 Å². The highest BCUT2D eigenvalue weighted by Gasteiger charge is 2.31. The SMILES string of the molecule is CCCc1c(CC)cccc1-c1ccc(C(F)(F)F)cc1C1=CCNCC1. The van der Waals surface area contributed by atoms with Crippen molar-refractivity contribution in [3.8, 4) is 11.1 Å². The number of nitrogens with one attached hydrogen (secondary N) is 1. The van der Waals surface area contributed by atoms with Crippen LogP contribution in [0, 0.1) is 0 Å². The van der Waals surface area contributed by atoms with E-state index in [-0.39, 0.29) is 0 Å². The highest BCUT2D eigenvalue weighted by Crippen LogP contribution is 2.39. The van der Waals surface area contributed by atoms with Crippen LogP contribution in [0.5, 0.6) is 0 Å². The zero-order chi connectivity index (χ0) is 19.4. The highest BCUT2D eigenvalue weighted by atomic mass is 19.4. The molecule has 27 heavy (non-hydrogen) atoms. The van der Waals surface area contributed by atoms with Gasteiger partial charge in [-0.2, -0.15) is 13.2 Å². The molecular weight excluding hydrogens is 347 g/mol. The second-order valence-corrected chi connectivity index (χ2v) is 6.99.